The van der Waals surface area contributed by atoms with Gasteiger partial charge in [0.25, 0.3) is 0 Å². The van der Waals surface area contributed by atoms with Crippen molar-refractivity contribution in [2.45, 2.75) is 19.8 Å². The van der Waals surface area contributed by atoms with Crippen molar-refractivity contribution in [1.82, 2.24) is 4.98 Å². The highest BCUT2D eigenvalue weighted by molar-refractivity contribution is 5.92. The number of nitrogens with zero attached hydrogens (tertiary/aromatic N) is 1. The number of rotatable bonds is 7. The van der Waals surface area contributed by atoms with Crippen LogP contribution >= 0.6 is 0 Å². The number of anilines is 1. The molecule has 6 heteroatoms. The number of benzene rings is 2. The van der Waals surface area contributed by atoms with Crippen LogP contribution in [0.3, 0.4) is 0 Å². The number of ether oxygens (including phenoxy) is 2. The lowest BCUT2D eigenvalue weighted by Crippen LogP contribution is -2.13. The Bertz CT molecular complexity index is 919. The molecule has 1 N–H and O–H groups in total. The molecule has 0 atom stereocenters. The predicted octanol–water partition coefficient (Wildman–Crippen LogP) is 4.24. The van der Waals surface area contributed by atoms with Crippen LogP contribution in [0.25, 0.3) is 11.3 Å². The van der Waals surface area contributed by atoms with Crippen LogP contribution in [0, 0.1) is 6.92 Å². The monoisotopic (exact) mass is 366 g/mol. The molecule has 0 spiro atoms. The van der Waals surface area contributed by atoms with Gasteiger partial charge in [0.2, 0.25) is 5.91 Å². The molecule has 0 saturated carbocycles. The first-order valence-corrected chi connectivity index (χ1v) is 8.63. The fourth-order valence-electron chi connectivity index (χ4n) is 2.71. The number of nitrogens with one attached hydrogen (secondary N) is 1. The van der Waals surface area contributed by atoms with E-state index in [9.17, 15) is 4.79 Å². The number of hydrogen-bond donors (Lipinski definition) is 1. The highest BCUT2D eigenvalue weighted by Gasteiger charge is 2.13. The molecule has 1 aromatic heterocycles. The molecule has 0 bridgehead atoms. The summed E-state index contributed by atoms with van der Waals surface area (Å²) < 4.78 is 16.3. The van der Waals surface area contributed by atoms with Gasteiger partial charge in [0, 0.05) is 30.2 Å². The lowest BCUT2D eigenvalue weighted by molar-refractivity contribution is -0.116. The number of aromatic nitrogens is 1. The van der Waals surface area contributed by atoms with E-state index >= 15 is 0 Å². The Balaban J connectivity index is 1.61. The molecule has 0 aliphatic rings. The summed E-state index contributed by atoms with van der Waals surface area (Å²) in [6, 6.07) is 13.3. The second-order valence-electron chi connectivity index (χ2n) is 6.05. The Labute approximate surface area is 158 Å². The maximum absolute atomic E-state index is 12.3. The van der Waals surface area contributed by atoms with E-state index in [0.717, 1.165) is 11.1 Å². The van der Waals surface area contributed by atoms with Crippen LogP contribution in [0.1, 0.15) is 17.9 Å². The lowest BCUT2D eigenvalue weighted by Gasteiger charge is -2.13. The van der Waals surface area contributed by atoms with Gasteiger partial charge in [0.05, 0.1) is 20.4 Å². The van der Waals surface area contributed by atoms with Crippen LogP contribution in [0.2, 0.25) is 0 Å². The van der Waals surface area contributed by atoms with E-state index in [2.05, 4.69) is 10.3 Å². The average molecular weight is 366 g/mol. The smallest absolute Gasteiger partial charge is 0.224 e. The summed E-state index contributed by atoms with van der Waals surface area (Å²) in [5, 5.41) is 2.90. The maximum atomic E-state index is 12.3. The maximum Gasteiger partial charge on any atom is 0.224 e. The van der Waals surface area contributed by atoms with Crippen LogP contribution in [0.4, 0.5) is 5.69 Å². The zero-order valence-corrected chi connectivity index (χ0v) is 15.6. The van der Waals surface area contributed by atoms with E-state index in [-0.39, 0.29) is 12.3 Å². The Kier molecular flexibility index (Phi) is 5.76. The molecule has 0 saturated heterocycles. The van der Waals surface area contributed by atoms with Gasteiger partial charge < -0.3 is 19.2 Å². The fraction of sp³-hybridized carbons (Fsp3) is 0.238. The molecule has 6 nitrogen and oxygen atoms in total. The summed E-state index contributed by atoms with van der Waals surface area (Å²) in [7, 11) is 3.14. The second kappa shape index (κ2) is 8.40. The van der Waals surface area contributed by atoms with E-state index in [4.69, 9.17) is 13.9 Å². The molecule has 0 unspecified atom stereocenters. The van der Waals surface area contributed by atoms with Gasteiger partial charge in [-0.3, -0.25) is 4.79 Å². The number of carbonyl (C=O) groups excluding carboxylic acids is 1. The van der Waals surface area contributed by atoms with Crippen molar-refractivity contribution in [3.05, 3.63) is 60.1 Å². The zero-order chi connectivity index (χ0) is 19.2. The van der Waals surface area contributed by atoms with Gasteiger partial charge in [0.15, 0.2) is 23.1 Å². The van der Waals surface area contributed by atoms with Crippen LogP contribution < -0.4 is 14.8 Å². The molecule has 27 heavy (non-hydrogen) atoms. The summed E-state index contributed by atoms with van der Waals surface area (Å²) in [6.07, 6.45) is 2.37. The van der Waals surface area contributed by atoms with Crippen LogP contribution in [-0.4, -0.2) is 25.1 Å². The Hall–Kier alpha value is -3.28. The van der Waals surface area contributed by atoms with Gasteiger partial charge in [-0.15, -0.1) is 0 Å². The molecule has 0 fully saturated rings. The lowest BCUT2D eigenvalue weighted by atomic mass is 10.1. The molecule has 1 heterocycles. The number of hydrogen-bond acceptors (Lipinski definition) is 5. The van der Waals surface area contributed by atoms with Crippen LogP contribution in [0.5, 0.6) is 11.5 Å². The van der Waals surface area contributed by atoms with Gasteiger partial charge in [-0.05, 0) is 18.6 Å². The minimum atomic E-state index is -0.121. The van der Waals surface area contributed by atoms with E-state index < -0.39 is 0 Å². The molecule has 0 aliphatic heterocycles. The quantitative estimate of drug-likeness (QED) is 0.677. The standard InChI is InChI=1S/C21H22N2O4/c1-14-11-17(25-2)18(26-3)12-16(14)23-20(24)9-10-21-22-13-19(27-21)15-7-5-4-6-8-15/h4-8,11-13H,9-10H2,1-3H3,(H,23,24). The first kappa shape index (κ1) is 18.5. The molecule has 3 aromatic rings. The van der Waals surface area contributed by atoms with Gasteiger partial charge in [-0.1, -0.05) is 30.3 Å². The summed E-state index contributed by atoms with van der Waals surface area (Å²) in [5.74, 6) is 2.30. The van der Waals surface area contributed by atoms with Crippen molar-refractivity contribution in [1.29, 1.82) is 0 Å². The summed E-state index contributed by atoms with van der Waals surface area (Å²) >= 11 is 0. The van der Waals surface area contributed by atoms with Crippen molar-refractivity contribution in [2.24, 2.45) is 0 Å². The molecule has 1 amide bonds. The van der Waals surface area contributed by atoms with Crippen molar-refractivity contribution in [2.75, 3.05) is 19.5 Å². The summed E-state index contributed by atoms with van der Waals surface area (Å²) in [6.45, 7) is 1.90. The van der Waals surface area contributed by atoms with E-state index in [1.807, 2.05) is 43.3 Å². The molecule has 0 aliphatic carbocycles. The van der Waals surface area contributed by atoms with Crippen molar-refractivity contribution in [3.63, 3.8) is 0 Å². The Morgan fingerprint density at radius 2 is 1.81 bits per heavy atom. The normalized spacial score (nSPS) is 10.5. The molecular weight excluding hydrogens is 344 g/mol. The van der Waals surface area contributed by atoms with E-state index in [1.165, 1.54) is 0 Å². The minimum absolute atomic E-state index is 0.121. The SMILES string of the molecule is COc1cc(C)c(NC(=O)CCc2ncc(-c3ccccc3)o2)cc1OC. The minimum Gasteiger partial charge on any atom is -0.493 e. The number of oxazole rings is 1. The zero-order valence-electron chi connectivity index (χ0n) is 15.6. The topological polar surface area (TPSA) is 73.6 Å². The first-order valence-electron chi connectivity index (χ1n) is 8.63. The highest BCUT2D eigenvalue weighted by atomic mass is 16.5. The van der Waals surface area contributed by atoms with Gasteiger partial charge in [-0.2, -0.15) is 0 Å². The fourth-order valence-corrected chi connectivity index (χ4v) is 2.71. The van der Waals surface area contributed by atoms with Crippen molar-refractivity contribution < 1.29 is 18.7 Å². The molecule has 3 rings (SSSR count). The molecular formula is C21H22N2O4. The number of amides is 1. The van der Waals surface area contributed by atoms with Crippen LogP contribution in [-0.2, 0) is 11.2 Å². The first-order chi connectivity index (χ1) is 13.1. The second-order valence-corrected chi connectivity index (χ2v) is 6.05. The van der Waals surface area contributed by atoms with E-state index in [1.54, 1.807) is 26.5 Å². The third kappa shape index (κ3) is 4.47. The highest BCUT2D eigenvalue weighted by Crippen LogP contribution is 2.33. The largest absolute Gasteiger partial charge is 0.493 e. The average Bonchev–Trinajstić information content (AvgIpc) is 3.17. The number of aryl methyl sites for hydroxylation is 2. The Morgan fingerprint density at radius 3 is 2.52 bits per heavy atom. The van der Waals surface area contributed by atoms with Gasteiger partial charge >= 0.3 is 0 Å². The Morgan fingerprint density at radius 1 is 1.11 bits per heavy atom. The van der Waals surface area contributed by atoms with Crippen molar-refractivity contribution >= 4 is 11.6 Å². The van der Waals surface area contributed by atoms with Crippen LogP contribution in [0.15, 0.2) is 53.1 Å². The van der Waals surface area contributed by atoms with E-state index in [0.29, 0.717) is 35.3 Å². The molecule has 0 radical (unpaired) electrons. The van der Waals surface area contributed by atoms with Gasteiger partial charge in [-0.25, -0.2) is 4.98 Å². The summed E-state index contributed by atoms with van der Waals surface area (Å²) in [4.78, 5) is 16.6. The number of carbonyl (C=O) groups is 1. The summed E-state index contributed by atoms with van der Waals surface area (Å²) in [5.41, 5.74) is 2.54. The van der Waals surface area contributed by atoms with Crippen molar-refractivity contribution in [3.8, 4) is 22.8 Å². The third-order valence-corrected chi connectivity index (χ3v) is 4.18. The molecule has 140 valence electrons. The third-order valence-electron chi connectivity index (χ3n) is 4.18. The number of methoxy groups -OCH3 is 2. The van der Waals surface area contributed by atoms with Gasteiger partial charge in [0.1, 0.15) is 0 Å². The molecule has 2 aromatic carbocycles. The predicted molar refractivity (Wildman–Crippen MR) is 103 cm³/mol.